The zero-order valence-electron chi connectivity index (χ0n) is 10.3. The van der Waals surface area contributed by atoms with Crippen LogP contribution in [0, 0.1) is 5.92 Å². The number of sulfone groups is 1. The summed E-state index contributed by atoms with van der Waals surface area (Å²) in [5.74, 6) is -1.10. The summed E-state index contributed by atoms with van der Waals surface area (Å²) >= 11 is 0.969. The molecule has 0 aliphatic carbocycles. The highest BCUT2D eigenvalue weighted by Crippen LogP contribution is 2.31. The molecule has 0 fully saturated rings. The minimum atomic E-state index is -3.41. The number of aromatic nitrogens is 1. The standard InChI is InChI=1S/C11H15NO4S2/c1-7(2)9(11(13)14)17-10-8(18(3,15)16)5-4-6-12-10/h4-7,9H,1-3H3,(H,13,14). The number of hydrogen-bond acceptors (Lipinski definition) is 5. The van der Waals surface area contributed by atoms with Crippen LogP contribution in [0.5, 0.6) is 0 Å². The summed E-state index contributed by atoms with van der Waals surface area (Å²) in [7, 11) is -3.41. The largest absolute Gasteiger partial charge is 0.480 e. The van der Waals surface area contributed by atoms with Crippen LogP contribution >= 0.6 is 11.8 Å². The molecular formula is C11H15NO4S2. The molecule has 1 heterocycles. The minimum Gasteiger partial charge on any atom is -0.480 e. The maximum atomic E-state index is 11.6. The minimum absolute atomic E-state index is 0.0712. The van der Waals surface area contributed by atoms with Gasteiger partial charge in [-0.3, -0.25) is 4.79 Å². The average Bonchev–Trinajstić information content (AvgIpc) is 2.24. The van der Waals surface area contributed by atoms with Gasteiger partial charge in [0.15, 0.2) is 9.84 Å². The fraction of sp³-hybridized carbons (Fsp3) is 0.455. The number of carboxylic acids is 1. The monoisotopic (exact) mass is 289 g/mol. The number of carbonyl (C=O) groups is 1. The van der Waals surface area contributed by atoms with Gasteiger partial charge in [-0.2, -0.15) is 0 Å². The summed E-state index contributed by atoms with van der Waals surface area (Å²) < 4.78 is 23.1. The topological polar surface area (TPSA) is 84.3 Å². The fourth-order valence-corrected chi connectivity index (χ4v) is 3.55. The van der Waals surface area contributed by atoms with Crippen LogP contribution in [-0.2, 0) is 14.6 Å². The van der Waals surface area contributed by atoms with E-state index >= 15 is 0 Å². The molecule has 5 nitrogen and oxygen atoms in total. The van der Waals surface area contributed by atoms with Gasteiger partial charge in [0.25, 0.3) is 0 Å². The Morgan fingerprint density at radius 2 is 2.06 bits per heavy atom. The van der Waals surface area contributed by atoms with Crippen molar-refractivity contribution in [1.29, 1.82) is 0 Å². The Balaban J connectivity index is 3.15. The van der Waals surface area contributed by atoms with E-state index in [1.807, 2.05) is 0 Å². The first-order valence-electron chi connectivity index (χ1n) is 5.28. The molecule has 100 valence electrons. The average molecular weight is 289 g/mol. The molecule has 1 atom stereocenters. The predicted molar refractivity (Wildman–Crippen MR) is 69.5 cm³/mol. The molecule has 0 aliphatic rings. The van der Waals surface area contributed by atoms with Gasteiger partial charge in [-0.1, -0.05) is 25.6 Å². The Kier molecular flexibility index (Phi) is 4.75. The van der Waals surface area contributed by atoms with Gasteiger partial charge in [-0.05, 0) is 18.1 Å². The van der Waals surface area contributed by atoms with Gasteiger partial charge < -0.3 is 5.11 Å². The molecule has 0 saturated carbocycles. The van der Waals surface area contributed by atoms with E-state index in [0.717, 1.165) is 18.0 Å². The molecule has 0 saturated heterocycles. The molecule has 1 aromatic rings. The van der Waals surface area contributed by atoms with E-state index in [9.17, 15) is 13.2 Å². The molecule has 0 amide bonds. The normalized spacial score (nSPS) is 13.6. The Morgan fingerprint density at radius 1 is 1.44 bits per heavy atom. The summed E-state index contributed by atoms with van der Waals surface area (Å²) in [5.41, 5.74) is 0. The molecule has 1 rings (SSSR count). The number of thioether (sulfide) groups is 1. The first-order chi connectivity index (χ1) is 8.23. The molecule has 0 aliphatic heterocycles. The maximum Gasteiger partial charge on any atom is 0.317 e. The lowest BCUT2D eigenvalue weighted by molar-refractivity contribution is -0.137. The molecule has 0 bridgehead atoms. The molecule has 0 radical (unpaired) electrons. The Bertz CT molecular complexity index is 540. The second-order valence-corrected chi connectivity index (χ2v) is 7.31. The van der Waals surface area contributed by atoms with E-state index in [1.165, 1.54) is 18.3 Å². The molecule has 1 N–H and O–H groups in total. The van der Waals surface area contributed by atoms with Crippen molar-refractivity contribution in [2.45, 2.75) is 29.0 Å². The third-order valence-corrected chi connectivity index (χ3v) is 5.03. The lowest BCUT2D eigenvalue weighted by atomic mass is 10.1. The molecule has 1 unspecified atom stereocenters. The quantitative estimate of drug-likeness (QED) is 0.830. The maximum absolute atomic E-state index is 11.6. The molecular weight excluding hydrogens is 274 g/mol. The van der Waals surface area contributed by atoms with Crippen molar-refractivity contribution in [3.05, 3.63) is 18.3 Å². The van der Waals surface area contributed by atoms with E-state index in [-0.39, 0.29) is 15.8 Å². The van der Waals surface area contributed by atoms with Crippen molar-refractivity contribution in [3.8, 4) is 0 Å². The third kappa shape index (κ3) is 3.71. The highest BCUT2D eigenvalue weighted by molar-refractivity contribution is 8.01. The van der Waals surface area contributed by atoms with Gasteiger partial charge in [-0.25, -0.2) is 13.4 Å². The van der Waals surface area contributed by atoms with Crippen LogP contribution in [-0.4, -0.2) is 36.0 Å². The second-order valence-electron chi connectivity index (χ2n) is 4.20. The number of nitrogens with zero attached hydrogens (tertiary/aromatic N) is 1. The van der Waals surface area contributed by atoms with Crippen molar-refractivity contribution < 1.29 is 18.3 Å². The number of carboxylic acid groups (broad SMARTS) is 1. The lowest BCUT2D eigenvalue weighted by Crippen LogP contribution is -2.23. The highest BCUT2D eigenvalue weighted by atomic mass is 32.2. The third-order valence-electron chi connectivity index (χ3n) is 2.22. The van der Waals surface area contributed by atoms with Crippen molar-refractivity contribution in [3.63, 3.8) is 0 Å². The summed E-state index contributed by atoms with van der Waals surface area (Å²) in [5, 5.41) is 8.62. The number of rotatable bonds is 5. The summed E-state index contributed by atoms with van der Waals surface area (Å²) in [6.45, 7) is 3.55. The van der Waals surface area contributed by atoms with Crippen molar-refractivity contribution >= 4 is 27.6 Å². The zero-order chi connectivity index (χ0) is 13.9. The molecule has 7 heteroatoms. The second kappa shape index (κ2) is 5.71. The Hall–Kier alpha value is -1.08. The lowest BCUT2D eigenvalue weighted by Gasteiger charge is -2.16. The Morgan fingerprint density at radius 3 is 2.50 bits per heavy atom. The van der Waals surface area contributed by atoms with Gasteiger partial charge in [0.2, 0.25) is 0 Å². The molecule has 0 aromatic carbocycles. The Labute approximate surface area is 111 Å². The smallest absolute Gasteiger partial charge is 0.317 e. The summed E-state index contributed by atoms with van der Waals surface area (Å²) in [6, 6.07) is 2.95. The SMILES string of the molecule is CC(C)C(Sc1ncccc1S(C)(=O)=O)C(=O)O. The first kappa shape index (κ1) is 15.0. The summed E-state index contributed by atoms with van der Waals surface area (Å²) in [4.78, 5) is 15.1. The van der Waals surface area contributed by atoms with Crippen LogP contribution in [0.4, 0.5) is 0 Å². The van der Waals surface area contributed by atoms with Crippen molar-refractivity contribution in [1.82, 2.24) is 4.98 Å². The van der Waals surface area contributed by atoms with E-state index in [0.29, 0.717) is 0 Å². The van der Waals surface area contributed by atoms with E-state index in [1.54, 1.807) is 13.8 Å². The van der Waals surface area contributed by atoms with E-state index < -0.39 is 21.1 Å². The number of aliphatic carboxylic acids is 1. The van der Waals surface area contributed by atoms with Crippen molar-refractivity contribution in [2.75, 3.05) is 6.26 Å². The fourth-order valence-electron chi connectivity index (χ4n) is 1.34. The van der Waals surface area contributed by atoms with E-state index in [4.69, 9.17) is 5.11 Å². The van der Waals surface area contributed by atoms with Crippen LogP contribution in [0.1, 0.15) is 13.8 Å². The van der Waals surface area contributed by atoms with Gasteiger partial charge in [0.1, 0.15) is 10.3 Å². The van der Waals surface area contributed by atoms with Crippen LogP contribution < -0.4 is 0 Å². The van der Waals surface area contributed by atoms with Crippen LogP contribution in [0.2, 0.25) is 0 Å². The van der Waals surface area contributed by atoms with Crippen LogP contribution in [0.15, 0.2) is 28.3 Å². The van der Waals surface area contributed by atoms with Crippen molar-refractivity contribution in [2.24, 2.45) is 5.92 Å². The first-order valence-corrected chi connectivity index (χ1v) is 8.05. The number of hydrogen-bond donors (Lipinski definition) is 1. The van der Waals surface area contributed by atoms with Gasteiger partial charge in [-0.15, -0.1) is 0 Å². The molecule has 1 aromatic heterocycles. The van der Waals surface area contributed by atoms with Crippen LogP contribution in [0.3, 0.4) is 0 Å². The van der Waals surface area contributed by atoms with Gasteiger partial charge >= 0.3 is 5.97 Å². The van der Waals surface area contributed by atoms with Gasteiger partial charge in [0.05, 0.1) is 4.90 Å². The van der Waals surface area contributed by atoms with E-state index in [2.05, 4.69) is 4.98 Å². The predicted octanol–water partition coefficient (Wildman–Crippen LogP) is 1.69. The number of pyridine rings is 1. The highest BCUT2D eigenvalue weighted by Gasteiger charge is 2.26. The van der Waals surface area contributed by atoms with Gasteiger partial charge in [0, 0.05) is 12.5 Å². The summed E-state index contributed by atoms with van der Waals surface area (Å²) in [6.07, 6.45) is 2.54. The molecule has 0 spiro atoms. The molecule has 18 heavy (non-hydrogen) atoms. The van der Waals surface area contributed by atoms with Crippen LogP contribution in [0.25, 0.3) is 0 Å². The zero-order valence-corrected chi connectivity index (χ0v) is 12.0.